The maximum absolute atomic E-state index is 10.9. The Balaban J connectivity index is 3.27. The molecule has 82 valence electrons. The van der Waals surface area contributed by atoms with E-state index in [4.69, 9.17) is 5.11 Å². The molecule has 2 nitrogen and oxygen atoms in total. The first-order valence-electron chi connectivity index (χ1n) is 5.30. The van der Waals surface area contributed by atoms with Gasteiger partial charge in [-0.05, 0) is 35.1 Å². The molecule has 1 aromatic rings. The zero-order valence-electron chi connectivity index (χ0n) is 9.74. The predicted molar refractivity (Wildman–Crippen MR) is 61.6 cm³/mol. The Morgan fingerprint density at radius 2 is 1.60 bits per heavy atom. The number of carboxylic acids is 1. The molecule has 0 saturated carbocycles. The minimum atomic E-state index is -0.854. The fourth-order valence-electron chi connectivity index (χ4n) is 1.73. The minimum absolute atomic E-state index is 0.363. The molecule has 0 amide bonds. The summed E-state index contributed by atoms with van der Waals surface area (Å²) in [6, 6.07) is 5.41. The van der Waals surface area contributed by atoms with Crippen LogP contribution in [0.5, 0.6) is 0 Å². The van der Waals surface area contributed by atoms with E-state index in [0.29, 0.717) is 17.4 Å². The molecule has 1 rings (SSSR count). The van der Waals surface area contributed by atoms with Gasteiger partial charge in [-0.25, -0.2) is 4.79 Å². The maximum atomic E-state index is 10.9. The van der Waals surface area contributed by atoms with Crippen molar-refractivity contribution in [2.45, 2.75) is 39.5 Å². The lowest BCUT2D eigenvalue weighted by atomic mass is 9.89. The molecule has 0 heterocycles. The fraction of sp³-hybridized carbons (Fsp3) is 0.462. The van der Waals surface area contributed by atoms with Gasteiger partial charge < -0.3 is 5.11 Å². The zero-order valence-corrected chi connectivity index (χ0v) is 9.74. The summed E-state index contributed by atoms with van der Waals surface area (Å²) in [6.45, 7) is 8.43. The molecule has 1 N–H and O–H groups in total. The van der Waals surface area contributed by atoms with Gasteiger partial charge in [-0.15, -0.1) is 0 Å². The summed E-state index contributed by atoms with van der Waals surface area (Å²) in [5.41, 5.74) is 2.77. The van der Waals surface area contributed by atoms with Crippen LogP contribution in [0.25, 0.3) is 0 Å². The molecule has 0 atom stereocenters. The molecule has 0 unspecified atom stereocenters. The number of hydrogen-bond acceptors (Lipinski definition) is 1. The second kappa shape index (κ2) is 4.47. The average molecular weight is 206 g/mol. The van der Waals surface area contributed by atoms with Gasteiger partial charge >= 0.3 is 5.97 Å². The molecule has 0 aromatic heterocycles. The Labute approximate surface area is 90.9 Å². The van der Waals surface area contributed by atoms with Crippen LogP contribution in [0.1, 0.15) is 61.0 Å². The largest absolute Gasteiger partial charge is 0.478 e. The average Bonchev–Trinajstić information content (AvgIpc) is 2.16. The summed E-state index contributed by atoms with van der Waals surface area (Å²) in [5, 5.41) is 8.92. The third-order valence-corrected chi connectivity index (χ3v) is 2.58. The molecule has 0 aliphatic rings. The Kier molecular flexibility index (Phi) is 3.51. The van der Waals surface area contributed by atoms with E-state index in [0.717, 1.165) is 5.56 Å². The molecule has 0 aliphatic carbocycles. The van der Waals surface area contributed by atoms with Crippen LogP contribution in [0, 0.1) is 0 Å². The highest BCUT2D eigenvalue weighted by Gasteiger charge is 2.12. The Hall–Kier alpha value is -1.31. The van der Waals surface area contributed by atoms with Gasteiger partial charge in [0.05, 0.1) is 5.56 Å². The minimum Gasteiger partial charge on any atom is -0.478 e. The molecule has 0 saturated heterocycles. The van der Waals surface area contributed by atoms with Crippen LogP contribution in [-0.4, -0.2) is 11.1 Å². The third-order valence-electron chi connectivity index (χ3n) is 2.58. The summed E-state index contributed by atoms with van der Waals surface area (Å²) in [5.74, 6) is -0.0563. The Morgan fingerprint density at radius 1 is 1.07 bits per heavy atom. The number of hydrogen-bond donors (Lipinski definition) is 1. The smallest absolute Gasteiger partial charge is 0.335 e. The second-order valence-corrected chi connectivity index (χ2v) is 4.46. The van der Waals surface area contributed by atoms with Crippen molar-refractivity contribution in [2.75, 3.05) is 0 Å². The molecule has 0 aliphatic heterocycles. The van der Waals surface area contributed by atoms with Gasteiger partial charge in [0.2, 0.25) is 0 Å². The van der Waals surface area contributed by atoms with E-state index < -0.39 is 5.97 Å². The summed E-state index contributed by atoms with van der Waals surface area (Å²) >= 11 is 0. The topological polar surface area (TPSA) is 37.3 Å². The van der Waals surface area contributed by atoms with Crippen LogP contribution in [0.15, 0.2) is 18.2 Å². The van der Waals surface area contributed by atoms with Crippen molar-refractivity contribution in [2.24, 2.45) is 0 Å². The van der Waals surface area contributed by atoms with Crippen molar-refractivity contribution in [3.8, 4) is 0 Å². The molecule has 2 heteroatoms. The number of rotatable bonds is 3. The molecule has 0 fully saturated rings. The van der Waals surface area contributed by atoms with Crippen molar-refractivity contribution in [3.05, 3.63) is 34.9 Å². The van der Waals surface area contributed by atoms with E-state index in [1.807, 2.05) is 6.07 Å². The molecule has 15 heavy (non-hydrogen) atoms. The van der Waals surface area contributed by atoms with Crippen LogP contribution < -0.4 is 0 Å². The molecule has 0 spiro atoms. The van der Waals surface area contributed by atoms with Crippen molar-refractivity contribution in [3.63, 3.8) is 0 Å². The van der Waals surface area contributed by atoms with Gasteiger partial charge in [0.1, 0.15) is 0 Å². The summed E-state index contributed by atoms with van der Waals surface area (Å²) in [6.07, 6.45) is 0. The van der Waals surface area contributed by atoms with Crippen LogP contribution in [0.3, 0.4) is 0 Å². The highest BCUT2D eigenvalue weighted by molar-refractivity contribution is 5.88. The fourth-order valence-corrected chi connectivity index (χ4v) is 1.73. The molecule has 1 aromatic carbocycles. The normalized spacial score (nSPS) is 11.1. The third kappa shape index (κ3) is 2.58. The summed E-state index contributed by atoms with van der Waals surface area (Å²) in [7, 11) is 0. The molecule has 0 radical (unpaired) electrons. The highest BCUT2D eigenvalue weighted by atomic mass is 16.4. The molecular weight excluding hydrogens is 188 g/mol. The van der Waals surface area contributed by atoms with E-state index in [-0.39, 0.29) is 0 Å². The standard InChI is InChI=1S/C13H18O2/c1-8(2)11-6-5-10(13(14)15)7-12(11)9(3)4/h5-9H,1-4H3,(H,14,15). The number of carboxylic acid groups (broad SMARTS) is 1. The van der Waals surface area contributed by atoms with Crippen molar-refractivity contribution < 1.29 is 9.90 Å². The second-order valence-electron chi connectivity index (χ2n) is 4.46. The first-order valence-corrected chi connectivity index (χ1v) is 5.30. The van der Waals surface area contributed by atoms with Gasteiger partial charge in [-0.1, -0.05) is 33.8 Å². The number of benzene rings is 1. The van der Waals surface area contributed by atoms with Crippen LogP contribution in [0.2, 0.25) is 0 Å². The van der Waals surface area contributed by atoms with E-state index in [1.165, 1.54) is 5.56 Å². The lowest BCUT2D eigenvalue weighted by molar-refractivity contribution is 0.0696. The quantitative estimate of drug-likeness (QED) is 0.819. The van der Waals surface area contributed by atoms with Gasteiger partial charge in [-0.3, -0.25) is 0 Å². The van der Waals surface area contributed by atoms with Gasteiger partial charge in [-0.2, -0.15) is 0 Å². The van der Waals surface area contributed by atoms with Crippen molar-refractivity contribution >= 4 is 5.97 Å². The Morgan fingerprint density at radius 3 is 2.00 bits per heavy atom. The summed E-state index contributed by atoms with van der Waals surface area (Å²) < 4.78 is 0. The first kappa shape index (κ1) is 11.8. The van der Waals surface area contributed by atoms with Gasteiger partial charge in [0, 0.05) is 0 Å². The van der Waals surface area contributed by atoms with Crippen LogP contribution in [-0.2, 0) is 0 Å². The lowest BCUT2D eigenvalue weighted by Crippen LogP contribution is -2.03. The van der Waals surface area contributed by atoms with E-state index >= 15 is 0 Å². The lowest BCUT2D eigenvalue weighted by Gasteiger charge is -2.16. The van der Waals surface area contributed by atoms with E-state index in [2.05, 4.69) is 27.7 Å². The summed E-state index contributed by atoms with van der Waals surface area (Å²) in [4.78, 5) is 10.9. The van der Waals surface area contributed by atoms with Crippen LogP contribution in [0.4, 0.5) is 0 Å². The van der Waals surface area contributed by atoms with Crippen LogP contribution >= 0.6 is 0 Å². The predicted octanol–water partition coefficient (Wildman–Crippen LogP) is 3.63. The number of aromatic carboxylic acids is 1. The Bertz CT molecular complexity index is 365. The monoisotopic (exact) mass is 206 g/mol. The SMILES string of the molecule is CC(C)c1ccc(C(=O)O)cc1C(C)C. The highest BCUT2D eigenvalue weighted by Crippen LogP contribution is 2.27. The molecular formula is C13H18O2. The van der Waals surface area contributed by atoms with Gasteiger partial charge in [0.25, 0.3) is 0 Å². The first-order chi connectivity index (χ1) is 6.93. The zero-order chi connectivity index (χ0) is 11.6. The van der Waals surface area contributed by atoms with E-state index in [9.17, 15) is 4.79 Å². The number of carbonyl (C=O) groups is 1. The maximum Gasteiger partial charge on any atom is 0.335 e. The van der Waals surface area contributed by atoms with E-state index in [1.54, 1.807) is 12.1 Å². The van der Waals surface area contributed by atoms with Crippen molar-refractivity contribution in [1.82, 2.24) is 0 Å². The van der Waals surface area contributed by atoms with Gasteiger partial charge in [0.15, 0.2) is 0 Å². The van der Waals surface area contributed by atoms with Crippen molar-refractivity contribution in [1.29, 1.82) is 0 Å². The molecule has 0 bridgehead atoms.